The number of likely N-dealkylation sites (tertiary alicyclic amines) is 2. The van der Waals surface area contributed by atoms with E-state index in [9.17, 15) is 33.9 Å². The molecule has 0 aromatic heterocycles. The van der Waals surface area contributed by atoms with Gasteiger partial charge < -0.3 is 36.8 Å². The predicted molar refractivity (Wildman–Crippen MR) is 108 cm³/mol. The van der Waals surface area contributed by atoms with Gasteiger partial charge in [-0.15, -0.1) is 0 Å². The van der Waals surface area contributed by atoms with Gasteiger partial charge in [-0.1, -0.05) is 0 Å². The van der Waals surface area contributed by atoms with Crippen molar-refractivity contribution in [2.24, 2.45) is 11.5 Å². The third kappa shape index (κ3) is 6.15. The summed E-state index contributed by atoms with van der Waals surface area (Å²) in [6, 6.07) is -4.32. The van der Waals surface area contributed by atoms with E-state index < -0.39 is 66.2 Å². The van der Waals surface area contributed by atoms with Gasteiger partial charge in [-0.25, -0.2) is 4.79 Å². The Kier molecular flexibility index (Phi) is 8.52. The lowest BCUT2D eigenvalue weighted by molar-refractivity contribution is -0.148. The number of primary amides is 1. The fraction of sp³-hybridized carbons (Fsp3) is 0.684. The van der Waals surface area contributed by atoms with Gasteiger partial charge in [0.25, 0.3) is 0 Å². The lowest BCUT2D eigenvalue weighted by atomic mass is 10.1. The SMILES string of the molecule is NC(=O)CC(NC(=O)C1CCCN1C(=O)C1CCCN1C(=O)C(N)CCC(=O)O)C(=O)O. The lowest BCUT2D eigenvalue weighted by Gasteiger charge is -2.32. The second-order valence-electron chi connectivity index (χ2n) is 7.99. The second-order valence-corrected chi connectivity index (χ2v) is 7.99. The van der Waals surface area contributed by atoms with Crippen LogP contribution < -0.4 is 16.8 Å². The first-order chi connectivity index (χ1) is 15.0. The molecule has 2 rings (SSSR count). The molecule has 2 heterocycles. The van der Waals surface area contributed by atoms with Gasteiger partial charge in [0, 0.05) is 19.5 Å². The van der Waals surface area contributed by atoms with Crippen LogP contribution in [0.1, 0.15) is 44.9 Å². The first kappa shape index (κ1) is 25.0. The molecule has 0 spiro atoms. The molecule has 0 aliphatic carbocycles. The molecule has 13 nitrogen and oxygen atoms in total. The van der Waals surface area contributed by atoms with Gasteiger partial charge in [-0.05, 0) is 32.1 Å². The molecule has 2 fully saturated rings. The van der Waals surface area contributed by atoms with Crippen LogP contribution in [0.5, 0.6) is 0 Å². The maximum Gasteiger partial charge on any atom is 0.326 e. The Morgan fingerprint density at radius 2 is 1.56 bits per heavy atom. The molecule has 13 heteroatoms. The number of aliphatic carboxylic acids is 2. The Balaban J connectivity index is 2.07. The molecule has 0 bridgehead atoms. The van der Waals surface area contributed by atoms with Gasteiger partial charge in [-0.3, -0.25) is 24.0 Å². The third-order valence-corrected chi connectivity index (χ3v) is 5.67. The van der Waals surface area contributed by atoms with Crippen LogP contribution in [0, 0.1) is 0 Å². The first-order valence-electron chi connectivity index (χ1n) is 10.4. The van der Waals surface area contributed by atoms with Crippen LogP contribution in [0.15, 0.2) is 0 Å². The Hall–Kier alpha value is -3.22. The second kappa shape index (κ2) is 10.9. The normalized spacial score (nSPS) is 22.3. The lowest BCUT2D eigenvalue weighted by Crippen LogP contribution is -2.56. The summed E-state index contributed by atoms with van der Waals surface area (Å²) in [6.45, 7) is 0.550. The van der Waals surface area contributed by atoms with E-state index in [2.05, 4.69) is 5.32 Å². The molecule has 0 saturated carbocycles. The van der Waals surface area contributed by atoms with Crippen molar-refractivity contribution < 1.29 is 39.0 Å². The van der Waals surface area contributed by atoms with E-state index in [1.807, 2.05) is 0 Å². The van der Waals surface area contributed by atoms with E-state index >= 15 is 0 Å². The maximum atomic E-state index is 13.2. The van der Waals surface area contributed by atoms with Crippen LogP contribution in [0.2, 0.25) is 0 Å². The fourth-order valence-corrected chi connectivity index (χ4v) is 4.07. The standard InChI is InChI=1S/C19H29N5O8/c20-10(5-6-15(26)27)17(29)24-8-2-4-13(24)18(30)23-7-1-3-12(23)16(28)22-11(19(31)32)9-14(21)25/h10-13H,1-9,20H2,(H2,21,25)(H,22,28)(H,26,27)(H,31,32). The number of hydrogen-bond donors (Lipinski definition) is 5. The summed E-state index contributed by atoms with van der Waals surface area (Å²) >= 11 is 0. The highest BCUT2D eigenvalue weighted by molar-refractivity contribution is 5.95. The Bertz CT molecular complexity index is 788. The fourth-order valence-electron chi connectivity index (χ4n) is 4.07. The number of rotatable bonds is 10. The Morgan fingerprint density at radius 3 is 2.12 bits per heavy atom. The molecule has 32 heavy (non-hydrogen) atoms. The highest BCUT2D eigenvalue weighted by Crippen LogP contribution is 2.26. The van der Waals surface area contributed by atoms with Crippen molar-refractivity contribution in [2.45, 2.75) is 69.1 Å². The van der Waals surface area contributed by atoms with Gasteiger partial charge in [0.2, 0.25) is 23.6 Å². The molecule has 0 aromatic rings. The van der Waals surface area contributed by atoms with Gasteiger partial charge in [0.15, 0.2) is 0 Å². The summed E-state index contributed by atoms with van der Waals surface area (Å²) in [7, 11) is 0. The van der Waals surface area contributed by atoms with Crippen LogP contribution in [-0.2, 0) is 28.8 Å². The zero-order valence-corrected chi connectivity index (χ0v) is 17.6. The smallest absolute Gasteiger partial charge is 0.326 e. The summed E-state index contributed by atoms with van der Waals surface area (Å²) < 4.78 is 0. The van der Waals surface area contributed by atoms with Gasteiger partial charge in [0.1, 0.15) is 18.1 Å². The molecule has 2 aliphatic rings. The molecule has 178 valence electrons. The summed E-state index contributed by atoms with van der Waals surface area (Å²) in [5, 5.41) is 20.2. The summed E-state index contributed by atoms with van der Waals surface area (Å²) in [4.78, 5) is 74.3. The zero-order chi connectivity index (χ0) is 24.0. The van der Waals surface area contributed by atoms with Crippen LogP contribution in [-0.4, -0.2) is 92.8 Å². The number of nitrogens with one attached hydrogen (secondary N) is 1. The van der Waals surface area contributed by atoms with Gasteiger partial charge >= 0.3 is 11.9 Å². The monoisotopic (exact) mass is 455 g/mol. The van der Waals surface area contributed by atoms with Crippen molar-refractivity contribution in [1.29, 1.82) is 0 Å². The highest BCUT2D eigenvalue weighted by atomic mass is 16.4. The van der Waals surface area contributed by atoms with E-state index in [-0.39, 0.29) is 19.4 Å². The number of nitrogens with two attached hydrogens (primary N) is 2. The number of nitrogens with zero attached hydrogens (tertiary/aromatic N) is 2. The number of carboxylic acid groups (broad SMARTS) is 2. The van der Waals surface area contributed by atoms with E-state index in [1.165, 1.54) is 9.80 Å². The number of amides is 4. The third-order valence-electron chi connectivity index (χ3n) is 5.67. The summed E-state index contributed by atoms with van der Waals surface area (Å²) in [6.07, 6.45) is 0.829. The topological polar surface area (TPSA) is 213 Å². The zero-order valence-electron chi connectivity index (χ0n) is 17.6. The average molecular weight is 455 g/mol. The van der Waals surface area contributed by atoms with Crippen molar-refractivity contribution in [3.05, 3.63) is 0 Å². The van der Waals surface area contributed by atoms with Gasteiger partial charge in [0.05, 0.1) is 12.5 Å². The minimum atomic E-state index is -1.51. The van der Waals surface area contributed by atoms with Crippen LogP contribution >= 0.6 is 0 Å². The quantitative estimate of drug-likeness (QED) is 0.237. The highest BCUT2D eigenvalue weighted by Gasteiger charge is 2.43. The molecule has 0 radical (unpaired) electrons. The Labute approximate surface area is 184 Å². The molecule has 4 unspecified atom stereocenters. The van der Waals surface area contributed by atoms with Crippen molar-refractivity contribution in [2.75, 3.05) is 13.1 Å². The minimum absolute atomic E-state index is 0.0588. The average Bonchev–Trinajstić information content (AvgIpc) is 3.39. The predicted octanol–water partition coefficient (Wildman–Crippen LogP) is -2.39. The van der Waals surface area contributed by atoms with Crippen LogP contribution in [0.4, 0.5) is 0 Å². The number of carboxylic acids is 2. The van der Waals surface area contributed by atoms with E-state index in [0.29, 0.717) is 32.2 Å². The van der Waals surface area contributed by atoms with Crippen LogP contribution in [0.3, 0.4) is 0 Å². The molecule has 0 aromatic carbocycles. The maximum absolute atomic E-state index is 13.2. The number of carbonyl (C=O) groups excluding carboxylic acids is 4. The van der Waals surface area contributed by atoms with E-state index in [0.717, 1.165) is 0 Å². The molecule has 4 amide bonds. The van der Waals surface area contributed by atoms with Gasteiger partial charge in [-0.2, -0.15) is 0 Å². The molecular formula is C19H29N5O8. The minimum Gasteiger partial charge on any atom is -0.481 e. The Morgan fingerprint density at radius 1 is 0.969 bits per heavy atom. The molecular weight excluding hydrogens is 426 g/mol. The van der Waals surface area contributed by atoms with Crippen LogP contribution in [0.25, 0.3) is 0 Å². The number of hydrogen-bond acceptors (Lipinski definition) is 7. The first-order valence-corrected chi connectivity index (χ1v) is 10.4. The molecule has 7 N–H and O–H groups in total. The van der Waals surface area contributed by atoms with Crippen molar-refractivity contribution in [3.8, 4) is 0 Å². The summed E-state index contributed by atoms with van der Waals surface area (Å²) in [5.41, 5.74) is 10.8. The van der Waals surface area contributed by atoms with Crippen molar-refractivity contribution >= 4 is 35.6 Å². The largest absolute Gasteiger partial charge is 0.481 e. The van der Waals surface area contributed by atoms with E-state index in [4.69, 9.17) is 16.6 Å². The van der Waals surface area contributed by atoms with Crippen molar-refractivity contribution in [1.82, 2.24) is 15.1 Å². The molecule has 2 aliphatic heterocycles. The van der Waals surface area contributed by atoms with Crippen molar-refractivity contribution in [3.63, 3.8) is 0 Å². The number of carbonyl (C=O) groups is 6. The van der Waals surface area contributed by atoms with E-state index in [1.54, 1.807) is 0 Å². The molecule has 2 saturated heterocycles. The molecule has 4 atom stereocenters. The summed E-state index contributed by atoms with van der Waals surface area (Å²) in [5.74, 6) is -5.06.